The van der Waals surface area contributed by atoms with E-state index in [2.05, 4.69) is 5.32 Å². The average Bonchev–Trinajstić information content (AvgIpc) is 2.21. The molecular formula is C13H18F3NO. The predicted molar refractivity (Wildman–Crippen MR) is 64.9 cm³/mol. The van der Waals surface area contributed by atoms with Gasteiger partial charge in [-0.1, -0.05) is 12.1 Å². The van der Waals surface area contributed by atoms with Crippen LogP contribution in [-0.2, 0) is 0 Å². The molecule has 1 aromatic rings. The van der Waals surface area contributed by atoms with Gasteiger partial charge in [0.05, 0.1) is 6.54 Å². The fourth-order valence-electron chi connectivity index (χ4n) is 1.51. The minimum Gasteiger partial charge on any atom is -0.489 e. The van der Waals surface area contributed by atoms with Crippen LogP contribution in [0.4, 0.5) is 13.2 Å². The zero-order chi connectivity index (χ0) is 13.8. The Morgan fingerprint density at radius 3 is 2.56 bits per heavy atom. The van der Waals surface area contributed by atoms with E-state index in [0.717, 1.165) is 16.9 Å². The molecule has 0 fully saturated rings. The molecule has 1 aromatic carbocycles. The Balaban J connectivity index is 2.44. The number of halogens is 3. The Labute approximate surface area is 105 Å². The van der Waals surface area contributed by atoms with Gasteiger partial charge in [0, 0.05) is 6.54 Å². The van der Waals surface area contributed by atoms with Crippen molar-refractivity contribution in [3.8, 4) is 5.75 Å². The van der Waals surface area contributed by atoms with Gasteiger partial charge in [-0.25, -0.2) is 0 Å². The first-order chi connectivity index (χ1) is 8.28. The van der Waals surface area contributed by atoms with Gasteiger partial charge in [-0.05, 0) is 38.0 Å². The Hall–Kier alpha value is -1.23. The Bertz CT molecular complexity index is 390. The molecule has 1 unspecified atom stereocenters. The van der Waals surface area contributed by atoms with E-state index >= 15 is 0 Å². The molecule has 5 heteroatoms. The molecule has 0 saturated carbocycles. The third-order valence-corrected chi connectivity index (χ3v) is 2.43. The van der Waals surface area contributed by atoms with Gasteiger partial charge in [0.2, 0.25) is 0 Å². The molecule has 0 aliphatic rings. The number of alkyl halides is 3. The first-order valence-corrected chi connectivity index (χ1v) is 5.79. The van der Waals surface area contributed by atoms with Crippen molar-refractivity contribution in [1.29, 1.82) is 0 Å². The van der Waals surface area contributed by atoms with Crippen LogP contribution in [0.3, 0.4) is 0 Å². The topological polar surface area (TPSA) is 21.3 Å². The van der Waals surface area contributed by atoms with E-state index in [1.54, 1.807) is 6.92 Å². The van der Waals surface area contributed by atoms with Crippen LogP contribution in [0.1, 0.15) is 18.1 Å². The van der Waals surface area contributed by atoms with Gasteiger partial charge in [0.1, 0.15) is 11.9 Å². The summed E-state index contributed by atoms with van der Waals surface area (Å²) >= 11 is 0. The van der Waals surface area contributed by atoms with Crippen LogP contribution in [0, 0.1) is 13.8 Å². The molecule has 0 heterocycles. The summed E-state index contributed by atoms with van der Waals surface area (Å²) in [6.45, 7) is 4.76. The molecular weight excluding hydrogens is 243 g/mol. The van der Waals surface area contributed by atoms with E-state index in [1.807, 2.05) is 32.0 Å². The molecule has 0 amide bonds. The molecule has 1 atom stereocenters. The van der Waals surface area contributed by atoms with Gasteiger partial charge in [-0.3, -0.25) is 0 Å². The zero-order valence-corrected chi connectivity index (χ0v) is 10.8. The largest absolute Gasteiger partial charge is 0.489 e. The van der Waals surface area contributed by atoms with Crippen LogP contribution < -0.4 is 10.1 Å². The minimum atomic E-state index is -4.18. The van der Waals surface area contributed by atoms with Crippen LogP contribution in [-0.4, -0.2) is 25.4 Å². The summed E-state index contributed by atoms with van der Waals surface area (Å²) in [4.78, 5) is 0. The van der Waals surface area contributed by atoms with Crippen molar-refractivity contribution >= 4 is 0 Å². The fraction of sp³-hybridized carbons (Fsp3) is 0.538. The highest BCUT2D eigenvalue weighted by Crippen LogP contribution is 2.20. The third-order valence-electron chi connectivity index (χ3n) is 2.43. The van der Waals surface area contributed by atoms with Gasteiger partial charge in [0.15, 0.2) is 0 Å². The zero-order valence-electron chi connectivity index (χ0n) is 10.8. The second kappa shape index (κ2) is 6.09. The summed E-state index contributed by atoms with van der Waals surface area (Å²) in [5.74, 6) is 0.719. The van der Waals surface area contributed by atoms with Gasteiger partial charge in [-0.15, -0.1) is 0 Å². The van der Waals surface area contributed by atoms with Crippen molar-refractivity contribution in [3.05, 3.63) is 29.3 Å². The first-order valence-electron chi connectivity index (χ1n) is 5.79. The van der Waals surface area contributed by atoms with Gasteiger partial charge in [-0.2, -0.15) is 13.2 Å². The normalized spacial score (nSPS) is 13.4. The van der Waals surface area contributed by atoms with Crippen molar-refractivity contribution in [2.24, 2.45) is 0 Å². The Kier molecular flexibility index (Phi) is 5.02. The summed E-state index contributed by atoms with van der Waals surface area (Å²) in [5, 5.41) is 2.33. The van der Waals surface area contributed by atoms with E-state index < -0.39 is 12.7 Å². The average molecular weight is 261 g/mol. The summed E-state index contributed by atoms with van der Waals surface area (Å²) in [6, 6.07) is 5.78. The molecule has 1 N–H and O–H groups in total. The van der Waals surface area contributed by atoms with Crippen molar-refractivity contribution in [2.45, 2.75) is 33.1 Å². The lowest BCUT2D eigenvalue weighted by Crippen LogP contribution is -2.35. The Morgan fingerprint density at radius 1 is 1.28 bits per heavy atom. The van der Waals surface area contributed by atoms with Crippen LogP contribution in [0.15, 0.2) is 18.2 Å². The van der Waals surface area contributed by atoms with Crippen molar-refractivity contribution in [3.63, 3.8) is 0 Å². The molecule has 18 heavy (non-hydrogen) atoms. The minimum absolute atomic E-state index is 0.160. The Morgan fingerprint density at radius 2 is 1.94 bits per heavy atom. The van der Waals surface area contributed by atoms with Crippen molar-refractivity contribution < 1.29 is 17.9 Å². The predicted octanol–water partition coefficient (Wildman–Crippen LogP) is 3.22. The number of nitrogens with one attached hydrogen (secondary N) is 1. The molecule has 0 spiro atoms. The van der Waals surface area contributed by atoms with E-state index in [9.17, 15) is 13.2 Å². The number of benzene rings is 1. The summed E-state index contributed by atoms with van der Waals surface area (Å²) in [6.07, 6.45) is -4.49. The molecule has 0 radical (unpaired) electrons. The van der Waals surface area contributed by atoms with Gasteiger partial charge < -0.3 is 10.1 Å². The molecule has 2 nitrogen and oxygen atoms in total. The summed E-state index contributed by atoms with van der Waals surface area (Å²) < 4.78 is 41.5. The summed E-state index contributed by atoms with van der Waals surface area (Å²) in [5.41, 5.74) is 2.04. The quantitative estimate of drug-likeness (QED) is 0.878. The maximum atomic E-state index is 11.9. The third kappa shape index (κ3) is 5.40. The number of aryl methyl sites for hydroxylation is 2. The van der Waals surface area contributed by atoms with Crippen LogP contribution >= 0.6 is 0 Å². The molecule has 0 aliphatic carbocycles. The standard InChI is InChI=1S/C13H18F3NO/c1-9-4-5-10(2)12(6-9)18-11(3)7-17-8-13(14,15)16/h4-6,11,17H,7-8H2,1-3H3. The lowest BCUT2D eigenvalue weighted by molar-refractivity contribution is -0.125. The van der Waals surface area contributed by atoms with Crippen molar-refractivity contribution in [1.82, 2.24) is 5.32 Å². The van der Waals surface area contributed by atoms with E-state index in [-0.39, 0.29) is 12.6 Å². The molecule has 1 rings (SSSR count). The maximum absolute atomic E-state index is 11.9. The van der Waals surface area contributed by atoms with Crippen LogP contribution in [0.25, 0.3) is 0 Å². The highest BCUT2D eigenvalue weighted by Gasteiger charge is 2.26. The molecule has 0 bridgehead atoms. The molecule has 0 saturated heterocycles. The number of ether oxygens (including phenoxy) is 1. The smallest absolute Gasteiger partial charge is 0.401 e. The molecule has 0 aliphatic heterocycles. The summed E-state index contributed by atoms with van der Waals surface area (Å²) in [7, 11) is 0. The van der Waals surface area contributed by atoms with Crippen LogP contribution in [0.2, 0.25) is 0 Å². The lowest BCUT2D eigenvalue weighted by Gasteiger charge is -2.18. The second-order valence-corrected chi connectivity index (χ2v) is 4.44. The lowest BCUT2D eigenvalue weighted by atomic mass is 10.1. The van der Waals surface area contributed by atoms with Crippen LogP contribution in [0.5, 0.6) is 5.75 Å². The van der Waals surface area contributed by atoms with E-state index in [1.165, 1.54) is 0 Å². The highest BCUT2D eigenvalue weighted by atomic mass is 19.4. The first kappa shape index (κ1) is 14.8. The highest BCUT2D eigenvalue weighted by molar-refractivity contribution is 5.36. The van der Waals surface area contributed by atoms with Crippen molar-refractivity contribution in [2.75, 3.05) is 13.1 Å². The maximum Gasteiger partial charge on any atom is 0.401 e. The fourth-order valence-corrected chi connectivity index (χ4v) is 1.51. The second-order valence-electron chi connectivity index (χ2n) is 4.44. The molecule has 0 aromatic heterocycles. The van der Waals surface area contributed by atoms with E-state index in [0.29, 0.717) is 0 Å². The number of hydrogen-bond donors (Lipinski definition) is 1. The van der Waals surface area contributed by atoms with Gasteiger partial charge in [0.25, 0.3) is 0 Å². The number of hydrogen-bond acceptors (Lipinski definition) is 2. The SMILES string of the molecule is Cc1ccc(C)c(OC(C)CNCC(F)(F)F)c1. The monoisotopic (exact) mass is 261 g/mol. The number of rotatable bonds is 5. The van der Waals surface area contributed by atoms with Gasteiger partial charge >= 0.3 is 6.18 Å². The van der Waals surface area contributed by atoms with E-state index in [4.69, 9.17) is 4.74 Å². The molecule has 102 valence electrons.